The molecule has 0 saturated carbocycles. The molecule has 0 aliphatic carbocycles. The zero-order valence-corrected chi connectivity index (χ0v) is 7.85. The highest BCUT2D eigenvalue weighted by molar-refractivity contribution is 6.02. The van der Waals surface area contributed by atoms with Gasteiger partial charge < -0.3 is 5.73 Å². The Bertz CT molecular complexity index is 364. The fraction of sp³-hybridized carbons (Fsp3) is 0.300. The maximum Gasteiger partial charge on any atom is 0.107 e. The van der Waals surface area contributed by atoms with Crippen molar-refractivity contribution >= 4 is 5.71 Å². The highest BCUT2D eigenvalue weighted by atomic mass is 15.4. The number of nitrogens with two attached hydrogens (primary N) is 1. The predicted molar refractivity (Wildman–Crippen MR) is 55.5 cm³/mol. The summed E-state index contributed by atoms with van der Waals surface area (Å²) in [5, 5.41) is 11.3. The van der Waals surface area contributed by atoms with Crippen molar-refractivity contribution in [2.45, 2.75) is 6.42 Å². The van der Waals surface area contributed by atoms with Crippen molar-refractivity contribution in [3.05, 3.63) is 35.4 Å². The standard InChI is InChI=1S/C10H12N4/c11-6-5-8-1-3-9(4-2-8)10-7-12-14-13-10/h1-4H,5-7,11H2. The molecule has 72 valence electrons. The number of nitrogens with zero attached hydrogens (tertiary/aromatic N) is 3. The summed E-state index contributed by atoms with van der Waals surface area (Å²) >= 11 is 0. The molecule has 0 aromatic heterocycles. The monoisotopic (exact) mass is 188 g/mol. The first-order chi connectivity index (χ1) is 6.90. The summed E-state index contributed by atoms with van der Waals surface area (Å²) in [6, 6.07) is 8.23. The lowest BCUT2D eigenvalue weighted by molar-refractivity contribution is 0.969. The SMILES string of the molecule is NCCc1ccc(C2=NN=NC2)cc1. The van der Waals surface area contributed by atoms with Crippen molar-refractivity contribution < 1.29 is 0 Å². The average Bonchev–Trinajstić information content (AvgIpc) is 2.72. The summed E-state index contributed by atoms with van der Waals surface area (Å²) in [6.45, 7) is 1.28. The van der Waals surface area contributed by atoms with E-state index in [2.05, 4.69) is 27.6 Å². The molecule has 0 bridgehead atoms. The molecular weight excluding hydrogens is 176 g/mol. The molecule has 1 heterocycles. The van der Waals surface area contributed by atoms with Crippen LogP contribution in [0.15, 0.2) is 39.7 Å². The number of rotatable bonds is 3. The van der Waals surface area contributed by atoms with Gasteiger partial charge in [0, 0.05) is 0 Å². The third-order valence-electron chi connectivity index (χ3n) is 2.17. The highest BCUT2D eigenvalue weighted by Crippen LogP contribution is 2.09. The quantitative estimate of drug-likeness (QED) is 0.764. The number of benzene rings is 1. The normalized spacial score (nSPS) is 14.5. The fourth-order valence-electron chi connectivity index (χ4n) is 1.40. The molecule has 4 heteroatoms. The van der Waals surface area contributed by atoms with Crippen LogP contribution in [0, 0.1) is 0 Å². The molecule has 1 aliphatic heterocycles. The van der Waals surface area contributed by atoms with E-state index in [0.717, 1.165) is 17.7 Å². The summed E-state index contributed by atoms with van der Waals surface area (Å²) < 4.78 is 0. The van der Waals surface area contributed by atoms with Crippen LogP contribution in [0.25, 0.3) is 0 Å². The fourth-order valence-corrected chi connectivity index (χ4v) is 1.40. The Hall–Kier alpha value is -1.55. The molecule has 2 N–H and O–H groups in total. The smallest absolute Gasteiger partial charge is 0.107 e. The zero-order chi connectivity index (χ0) is 9.80. The number of hydrogen-bond acceptors (Lipinski definition) is 4. The van der Waals surface area contributed by atoms with Gasteiger partial charge in [0.05, 0.1) is 5.71 Å². The van der Waals surface area contributed by atoms with E-state index in [-0.39, 0.29) is 0 Å². The number of hydrogen-bond donors (Lipinski definition) is 1. The van der Waals surface area contributed by atoms with Crippen molar-refractivity contribution in [3.8, 4) is 0 Å². The van der Waals surface area contributed by atoms with Crippen LogP contribution in [0.1, 0.15) is 11.1 Å². The van der Waals surface area contributed by atoms with Gasteiger partial charge in [-0.2, -0.15) is 5.11 Å². The molecule has 1 aromatic rings. The van der Waals surface area contributed by atoms with Crippen LogP contribution in [0.4, 0.5) is 0 Å². The van der Waals surface area contributed by atoms with Gasteiger partial charge in [-0.15, -0.1) is 5.10 Å². The van der Waals surface area contributed by atoms with E-state index in [1.807, 2.05) is 12.1 Å². The van der Waals surface area contributed by atoms with Crippen molar-refractivity contribution in [1.82, 2.24) is 0 Å². The summed E-state index contributed by atoms with van der Waals surface area (Å²) in [5.74, 6) is 0. The molecule has 0 amide bonds. The topological polar surface area (TPSA) is 63.1 Å². The third-order valence-corrected chi connectivity index (χ3v) is 2.17. The van der Waals surface area contributed by atoms with Crippen LogP contribution in [0.2, 0.25) is 0 Å². The predicted octanol–water partition coefficient (Wildman–Crippen LogP) is 1.36. The summed E-state index contributed by atoms with van der Waals surface area (Å²) in [7, 11) is 0. The minimum Gasteiger partial charge on any atom is -0.330 e. The molecule has 14 heavy (non-hydrogen) atoms. The van der Waals surface area contributed by atoms with Crippen LogP contribution in [0.3, 0.4) is 0 Å². The average molecular weight is 188 g/mol. The lowest BCUT2D eigenvalue weighted by Crippen LogP contribution is -2.04. The Balaban J connectivity index is 2.14. The summed E-state index contributed by atoms with van der Waals surface area (Å²) in [5.41, 5.74) is 8.75. The largest absolute Gasteiger partial charge is 0.330 e. The van der Waals surface area contributed by atoms with Crippen molar-refractivity contribution in [2.75, 3.05) is 13.1 Å². The maximum absolute atomic E-state index is 5.47. The van der Waals surface area contributed by atoms with Crippen LogP contribution < -0.4 is 5.73 Å². The lowest BCUT2D eigenvalue weighted by Gasteiger charge is -2.01. The maximum atomic E-state index is 5.47. The van der Waals surface area contributed by atoms with Gasteiger partial charge in [0.2, 0.25) is 0 Å². The molecular formula is C10H12N4. The van der Waals surface area contributed by atoms with Gasteiger partial charge in [-0.3, -0.25) is 0 Å². The molecule has 0 spiro atoms. The van der Waals surface area contributed by atoms with E-state index in [1.54, 1.807) is 0 Å². The first-order valence-electron chi connectivity index (χ1n) is 4.63. The Kier molecular flexibility index (Phi) is 2.65. The van der Waals surface area contributed by atoms with Crippen LogP contribution in [-0.4, -0.2) is 18.8 Å². The molecule has 0 saturated heterocycles. The second kappa shape index (κ2) is 4.11. The second-order valence-corrected chi connectivity index (χ2v) is 3.17. The molecule has 1 aromatic carbocycles. The Morgan fingerprint density at radius 2 is 2.00 bits per heavy atom. The lowest BCUT2D eigenvalue weighted by atomic mass is 10.1. The minimum absolute atomic E-state index is 0.593. The second-order valence-electron chi connectivity index (χ2n) is 3.17. The first-order valence-corrected chi connectivity index (χ1v) is 4.63. The van der Waals surface area contributed by atoms with E-state index >= 15 is 0 Å². The van der Waals surface area contributed by atoms with E-state index in [9.17, 15) is 0 Å². The van der Waals surface area contributed by atoms with E-state index in [1.165, 1.54) is 5.56 Å². The van der Waals surface area contributed by atoms with E-state index in [0.29, 0.717) is 13.1 Å². The van der Waals surface area contributed by atoms with E-state index in [4.69, 9.17) is 5.73 Å². The summed E-state index contributed by atoms with van der Waals surface area (Å²) in [6.07, 6.45) is 0.918. The molecule has 0 radical (unpaired) electrons. The Morgan fingerprint density at radius 3 is 2.57 bits per heavy atom. The van der Waals surface area contributed by atoms with Gasteiger partial charge in [-0.1, -0.05) is 24.3 Å². The Labute approximate surface area is 82.5 Å². The first kappa shape index (κ1) is 9.02. The molecule has 0 atom stereocenters. The van der Waals surface area contributed by atoms with Crippen LogP contribution in [-0.2, 0) is 6.42 Å². The summed E-state index contributed by atoms with van der Waals surface area (Å²) in [4.78, 5) is 0. The molecule has 4 nitrogen and oxygen atoms in total. The molecule has 0 unspecified atom stereocenters. The zero-order valence-electron chi connectivity index (χ0n) is 7.85. The van der Waals surface area contributed by atoms with Crippen molar-refractivity contribution in [1.29, 1.82) is 0 Å². The molecule has 1 aliphatic rings. The Morgan fingerprint density at radius 1 is 1.21 bits per heavy atom. The third kappa shape index (κ3) is 1.85. The van der Waals surface area contributed by atoms with Crippen molar-refractivity contribution in [2.24, 2.45) is 21.2 Å². The van der Waals surface area contributed by atoms with Gasteiger partial charge in [0.1, 0.15) is 6.54 Å². The van der Waals surface area contributed by atoms with Gasteiger partial charge in [0.15, 0.2) is 0 Å². The highest BCUT2D eigenvalue weighted by Gasteiger charge is 2.06. The van der Waals surface area contributed by atoms with E-state index < -0.39 is 0 Å². The van der Waals surface area contributed by atoms with Crippen molar-refractivity contribution in [3.63, 3.8) is 0 Å². The van der Waals surface area contributed by atoms with Gasteiger partial charge >= 0.3 is 0 Å². The molecule has 0 fully saturated rings. The van der Waals surface area contributed by atoms with Gasteiger partial charge in [0.25, 0.3) is 0 Å². The van der Waals surface area contributed by atoms with Crippen LogP contribution in [0.5, 0.6) is 0 Å². The molecule has 2 rings (SSSR count). The van der Waals surface area contributed by atoms with Crippen LogP contribution >= 0.6 is 0 Å². The van der Waals surface area contributed by atoms with Gasteiger partial charge in [-0.25, -0.2) is 0 Å². The minimum atomic E-state index is 0.593. The van der Waals surface area contributed by atoms with Gasteiger partial charge in [-0.05, 0) is 29.3 Å².